The molecule has 0 amide bonds. The molecule has 0 atom stereocenters. The van der Waals surface area contributed by atoms with Crippen LogP contribution in [0.1, 0.15) is 12.1 Å². The predicted molar refractivity (Wildman–Crippen MR) is 55.9 cm³/mol. The summed E-state index contributed by atoms with van der Waals surface area (Å²) in [7, 11) is 0. The maximum Gasteiger partial charge on any atom is 0.319 e. The van der Waals surface area contributed by atoms with Crippen molar-refractivity contribution in [2.45, 2.75) is 13.0 Å². The summed E-state index contributed by atoms with van der Waals surface area (Å²) >= 11 is 0. The van der Waals surface area contributed by atoms with Gasteiger partial charge >= 0.3 is 6.55 Å². The van der Waals surface area contributed by atoms with Crippen molar-refractivity contribution < 1.29 is 8.78 Å². The zero-order chi connectivity index (χ0) is 10.8. The molecule has 0 saturated carbocycles. The number of alkyl halides is 2. The molecule has 1 aromatic heterocycles. The summed E-state index contributed by atoms with van der Waals surface area (Å²) in [6.07, 6.45) is 2.18. The van der Waals surface area contributed by atoms with E-state index in [2.05, 4.69) is 0 Å². The Balaban J connectivity index is 2.47. The van der Waals surface area contributed by atoms with E-state index in [4.69, 9.17) is 5.73 Å². The Labute approximate surface area is 86.3 Å². The van der Waals surface area contributed by atoms with Gasteiger partial charge in [-0.15, -0.1) is 0 Å². The first kappa shape index (κ1) is 10.1. The standard InChI is InChI=1S/C11H12F2N2/c12-11(13)15-6-4-9-7-8(3-5-14)1-2-10(9)15/h1-2,4,6-7,11H,3,5,14H2. The number of hydrogen-bond acceptors (Lipinski definition) is 1. The summed E-state index contributed by atoms with van der Waals surface area (Å²) in [5, 5.41) is 0.834. The van der Waals surface area contributed by atoms with E-state index in [1.54, 1.807) is 12.1 Å². The number of benzene rings is 1. The van der Waals surface area contributed by atoms with Crippen LogP contribution >= 0.6 is 0 Å². The van der Waals surface area contributed by atoms with Crippen LogP contribution in [0.3, 0.4) is 0 Å². The lowest BCUT2D eigenvalue weighted by Gasteiger charge is -2.04. The molecule has 1 heterocycles. The van der Waals surface area contributed by atoms with Crippen LogP contribution < -0.4 is 5.73 Å². The molecular weight excluding hydrogens is 198 g/mol. The van der Waals surface area contributed by atoms with Gasteiger partial charge in [-0.2, -0.15) is 8.78 Å². The Bertz CT molecular complexity index is 463. The summed E-state index contributed by atoms with van der Waals surface area (Å²) in [4.78, 5) is 0. The Hall–Kier alpha value is -1.42. The lowest BCUT2D eigenvalue weighted by Crippen LogP contribution is -2.02. The highest BCUT2D eigenvalue weighted by Gasteiger charge is 2.09. The second kappa shape index (κ2) is 3.98. The molecule has 0 aliphatic heterocycles. The van der Waals surface area contributed by atoms with Crippen molar-refractivity contribution in [3.05, 3.63) is 36.0 Å². The molecule has 0 radical (unpaired) electrons. The third kappa shape index (κ3) is 1.85. The van der Waals surface area contributed by atoms with Crippen molar-refractivity contribution in [2.24, 2.45) is 5.73 Å². The van der Waals surface area contributed by atoms with E-state index in [1.807, 2.05) is 12.1 Å². The fraction of sp³-hybridized carbons (Fsp3) is 0.273. The summed E-state index contributed by atoms with van der Waals surface area (Å²) < 4.78 is 26.0. The number of aromatic nitrogens is 1. The van der Waals surface area contributed by atoms with Gasteiger partial charge in [-0.25, -0.2) is 0 Å². The van der Waals surface area contributed by atoms with Crippen molar-refractivity contribution in [3.8, 4) is 0 Å². The highest BCUT2D eigenvalue weighted by molar-refractivity contribution is 5.80. The Morgan fingerprint density at radius 1 is 1.27 bits per heavy atom. The van der Waals surface area contributed by atoms with Gasteiger partial charge in [0.2, 0.25) is 0 Å². The van der Waals surface area contributed by atoms with E-state index in [-0.39, 0.29) is 0 Å². The van der Waals surface area contributed by atoms with Crippen LogP contribution in [0.5, 0.6) is 0 Å². The number of rotatable bonds is 3. The molecule has 0 spiro atoms. The average Bonchev–Trinajstić information content (AvgIpc) is 2.61. The molecule has 0 aliphatic rings. The van der Waals surface area contributed by atoms with Crippen molar-refractivity contribution in [2.75, 3.05) is 6.54 Å². The minimum absolute atomic E-state index is 0.561. The van der Waals surface area contributed by atoms with Crippen molar-refractivity contribution in [1.82, 2.24) is 4.57 Å². The molecule has 4 heteroatoms. The van der Waals surface area contributed by atoms with Crippen LogP contribution in [0, 0.1) is 0 Å². The number of halogens is 2. The molecule has 2 aromatic rings. The summed E-state index contributed by atoms with van der Waals surface area (Å²) in [5.41, 5.74) is 7.07. The van der Waals surface area contributed by atoms with Crippen LogP contribution in [0.2, 0.25) is 0 Å². The molecule has 15 heavy (non-hydrogen) atoms. The summed E-state index contributed by atoms with van der Waals surface area (Å²) in [6, 6.07) is 7.16. The third-order valence-electron chi connectivity index (χ3n) is 2.43. The second-order valence-corrected chi connectivity index (χ2v) is 3.43. The quantitative estimate of drug-likeness (QED) is 0.829. The van der Waals surface area contributed by atoms with Gasteiger partial charge in [0.05, 0.1) is 5.52 Å². The largest absolute Gasteiger partial charge is 0.330 e. The maximum absolute atomic E-state index is 12.5. The molecule has 0 fully saturated rings. The van der Waals surface area contributed by atoms with Crippen LogP contribution in [0.25, 0.3) is 10.9 Å². The monoisotopic (exact) mass is 210 g/mol. The first-order chi connectivity index (χ1) is 7.22. The maximum atomic E-state index is 12.5. The van der Waals surface area contributed by atoms with E-state index in [9.17, 15) is 8.78 Å². The zero-order valence-electron chi connectivity index (χ0n) is 8.16. The van der Waals surface area contributed by atoms with Crippen LogP contribution in [0.4, 0.5) is 8.78 Å². The van der Waals surface area contributed by atoms with E-state index >= 15 is 0 Å². The van der Waals surface area contributed by atoms with Gasteiger partial charge < -0.3 is 5.73 Å². The highest BCUT2D eigenvalue weighted by atomic mass is 19.3. The lowest BCUT2D eigenvalue weighted by molar-refractivity contribution is 0.0752. The van der Waals surface area contributed by atoms with Gasteiger partial charge in [-0.3, -0.25) is 4.57 Å². The van der Waals surface area contributed by atoms with Gasteiger partial charge in [0.15, 0.2) is 0 Å². The lowest BCUT2D eigenvalue weighted by atomic mass is 10.1. The van der Waals surface area contributed by atoms with E-state index in [1.165, 1.54) is 6.20 Å². The zero-order valence-corrected chi connectivity index (χ0v) is 8.16. The predicted octanol–water partition coefficient (Wildman–Crippen LogP) is 2.54. The topological polar surface area (TPSA) is 30.9 Å². The number of hydrogen-bond donors (Lipinski definition) is 1. The molecule has 0 aliphatic carbocycles. The first-order valence-corrected chi connectivity index (χ1v) is 4.80. The summed E-state index contributed by atoms with van der Waals surface area (Å²) in [6.45, 7) is -1.91. The van der Waals surface area contributed by atoms with Crippen molar-refractivity contribution in [1.29, 1.82) is 0 Å². The average molecular weight is 210 g/mol. The minimum Gasteiger partial charge on any atom is -0.330 e. The molecule has 0 saturated heterocycles. The van der Waals surface area contributed by atoms with Crippen LogP contribution in [-0.4, -0.2) is 11.1 Å². The normalized spacial score (nSPS) is 11.5. The van der Waals surface area contributed by atoms with Gasteiger partial charge in [0, 0.05) is 11.6 Å². The molecular formula is C11H12F2N2. The molecule has 2 rings (SSSR count). The smallest absolute Gasteiger partial charge is 0.319 e. The van der Waals surface area contributed by atoms with E-state index in [0.29, 0.717) is 12.1 Å². The number of nitrogens with two attached hydrogens (primary N) is 1. The fourth-order valence-corrected chi connectivity index (χ4v) is 1.71. The Morgan fingerprint density at radius 3 is 2.73 bits per heavy atom. The third-order valence-corrected chi connectivity index (χ3v) is 2.43. The van der Waals surface area contributed by atoms with Gasteiger partial charge in [-0.05, 0) is 36.7 Å². The fourth-order valence-electron chi connectivity index (χ4n) is 1.71. The van der Waals surface area contributed by atoms with Gasteiger partial charge in [0.1, 0.15) is 0 Å². The van der Waals surface area contributed by atoms with E-state index in [0.717, 1.165) is 21.9 Å². The molecule has 80 valence electrons. The molecule has 1 aromatic carbocycles. The molecule has 2 nitrogen and oxygen atoms in total. The molecule has 2 N–H and O–H groups in total. The Morgan fingerprint density at radius 2 is 2.07 bits per heavy atom. The van der Waals surface area contributed by atoms with Gasteiger partial charge in [0.25, 0.3) is 0 Å². The van der Waals surface area contributed by atoms with Gasteiger partial charge in [-0.1, -0.05) is 6.07 Å². The summed E-state index contributed by atoms with van der Waals surface area (Å²) in [5.74, 6) is 0. The SMILES string of the molecule is NCCc1ccc2c(ccn2C(F)F)c1. The second-order valence-electron chi connectivity index (χ2n) is 3.43. The Kier molecular flexibility index (Phi) is 2.68. The first-order valence-electron chi connectivity index (χ1n) is 4.80. The minimum atomic E-state index is -2.48. The van der Waals surface area contributed by atoms with Crippen molar-refractivity contribution >= 4 is 10.9 Å². The van der Waals surface area contributed by atoms with E-state index < -0.39 is 6.55 Å². The number of nitrogens with zero attached hydrogens (tertiary/aromatic N) is 1. The molecule has 0 unspecified atom stereocenters. The van der Waals surface area contributed by atoms with Crippen LogP contribution in [0.15, 0.2) is 30.5 Å². The highest BCUT2D eigenvalue weighted by Crippen LogP contribution is 2.22. The number of fused-ring (bicyclic) bond motifs is 1. The van der Waals surface area contributed by atoms with Crippen LogP contribution in [-0.2, 0) is 6.42 Å². The van der Waals surface area contributed by atoms with Crippen molar-refractivity contribution in [3.63, 3.8) is 0 Å². The molecule has 0 bridgehead atoms.